The van der Waals surface area contributed by atoms with Crippen LogP contribution >= 0.6 is 7.37 Å². The van der Waals surface area contributed by atoms with Crippen molar-refractivity contribution in [1.82, 2.24) is 16.0 Å². The van der Waals surface area contributed by atoms with E-state index in [1.165, 1.54) is 0 Å². The first-order valence-corrected chi connectivity index (χ1v) is 13.5. The minimum Gasteiger partial charge on any atom is -0.345 e. The highest BCUT2D eigenvalue weighted by Crippen LogP contribution is 2.43. The fraction of sp³-hybridized carbons (Fsp3) is 0.440. The minimum atomic E-state index is -3.64. The Labute approximate surface area is 195 Å². The first-order valence-electron chi connectivity index (χ1n) is 11.5. The zero-order valence-electron chi connectivity index (χ0n) is 19.3. The number of carbonyl (C=O) groups is 2. The van der Waals surface area contributed by atoms with E-state index in [0.717, 1.165) is 36.1 Å². The van der Waals surface area contributed by atoms with Gasteiger partial charge in [-0.15, -0.1) is 0 Å². The molecule has 1 aliphatic heterocycles. The van der Waals surface area contributed by atoms with Crippen molar-refractivity contribution in [2.45, 2.75) is 51.4 Å². The maximum Gasteiger partial charge on any atom is 0.243 e. The number of hydrogen-bond acceptors (Lipinski definition) is 4. The van der Waals surface area contributed by atoms with E-state index in [2.05, 4.69) is 16.0 Å². The normalized spacial score (nSPS) is 18.5. The Kier molecular flexibility index (Phi) is 8.84. The lowest BCUT2D eigenvalue weighted by Crippen LogP contribution is -2.52. The van der Waals surface area contributed by atoms with Gasteiger partial charge in [-0.05, 0) is 48.4 Å². The van der Waals surface area contributed by atoms with Crippen LogP contribution in [0.5, 0.6) is 0 Å². The third kappa shape index (κ3) is 7.81. The highest BCUT2D eigenvalue weighted by atomic mass is 31.2. The fourth-order valence-electron chi connectivity index (χ4n) is 3.98. The molecule has 3 atom stereocenters. The van der Waals surface area contributed by atoms with Crippen molar-refractivity contribution in [3.05, 3.63) is 60.2 Å². The molecule has 0 radical (unpaired) electrons. The molecule has 0 spiro atoms. The van der Waals surface area contributed by atoms with E-state index in [-0.39, 0.29) is 30.3 Å². The van der Waals surface area contributed by atoms with Crippen molar-refractivity contribution in [3.63, 3.8) is 0 Å². The Morgan fingerprint density at radius 2 is 1.76 bits per heavy atom. The van der Waals surface area contributed by atoms with Crippen LogP contribution in [-0.2, 0) is 20.3 Å². The van der Waals surface area contributed by atoms with Crippen molar-refractivity contribution in [2.24, 2.45) is 5.92 Å². The summed E-state index contributed by atoms with van der Waals surface area (Å²) in [6.07, 6.45) is 1.77. The van der Waals surface area contributed by atoms with E-state index in [9.17, 15) is 19.0 Å². The summed E-state index contributed by atoms with van der Waals surface area (Å²) in [5.74, 6) is -0.440. The quantitative estimate of drug-likeness (QED) is 0.397. The van der Waals surface area contributed by atoms with E-state index in [0.29, 0.717) is 6.42 Å². The molecule has 0 aromatic heterocycles. The van der Waals surface area contributed by atoms with E-state index in [1.807, 2.05) is 68.4 Å². The largest absolute Gasteiger partial charge is 0.345 e. The predicted molar refractivity (Wildman–Crippen MR) is 131 cm³/mol. The average molecular weight is 472 g/mol. The van der Waals surface area contributed by atoms with Crippen molar-refractivity contribution in [3.8, 4) is 11.1 Å². The molecule has 1 aliphatic rings. The zero-order valence-corrected chi connectivity index (χ0v) is 20.2. The van der Waals surface area contributed by atoms with Crippen LogP contribution in [0.25, 0.3) is 11.1 Å². The van der Waals surface area contributed by atoms with Crippen LogP contribution in [0, 0.1) is 5.92 Å². The van der Waals surface area contributed by atoms with Gasteiger partial charge in [0.2, 0.25) is 19.2 Å². The first-order chi connectivity index (χ1) is 15.7. The predicted octanol–water partition coefficient (Wildman–Crippen LogP) is 3.48. The molecule has 1 unspecified atom stereocenters. The van der Waals surface area contributed by atoms with Gasteiger partial charge in [0.05, 0.1) is 18.5 Å². The summed E-state index contributed by atoms with van der Waals surface area (Å²) >= 11 is 0. The molecule has 1 saturated heterocycles. The molecule has 1 fully saturated rings. The summed E-state index contributed by atoms with van der Waals surface area (Å²) in [7, 11) is -3.64. The lowest BCUT2D eigenvalue weighted by Gasteiger charge is -2.23. The zero-order chi connectivity index (χ0) is 23.8. The van der Waals surface area contributed by atoms with Gasteiger partial charge in [0, 0.05) is 0 Å². The van der Waals surface area contributed by atoms with Gasteiger partial charge in [-0.25, -0.2) is 0 Å². The Balaban J connectivity index is 1.56. The van der Waals surface area contributed by atoms with Crippen molar-refractivity contribution in [2.75, 3.05) is 12.8 Å². The fourth-order valence-corrected chi connectivity index (χ4v) is 5.28. The van der Waals surface area contributed by atoms with Gasteiger partial charge >= 0.3 is 0 Å². The number of benzene rings is 2. The second-order valence-corrected chi connectivity index (χ2v) is 11.4. The van der Waals surface area contributed by atoms with Crippen LogP contribution in [0.4, 0.5) is 0 Å². The summed E-state index contributed by atoms with van der Waals surface area (Å²) < 4.78 is 12.8. The van der Waals surface area contributed by atoms with Crippen LogP contribution in [0.3, 0.4) is 0 Å². The van der Waals surface area contributed by atoms with Gasteiger partial charge in [-0.3, -0.25) is 14.2 Å². The van der Waals surface area contributed by atoms with E-state index in [1.54, 1.807) is 0 Å². The van der Waals surface area contributed by atoms with Gasteiger partial charge in [0.25, 0.3) is 0 Å². The molecule has 7 nitrogen and oxygen atoms in total. The first kappa shape index (κ1) is 25.2. The van der Waals surface area contributed by atoms with Crippen LogP contribution < -0.4 is 16.0 Å². The number of rotatable bonds is 10. The number of hydrogen-bond donors (Lipinski definition) is 4. The average Bonchev–Trinajstić information content (AvgIpc) is 3.33. The standard InChI is InChI=1S/C25H34N3O4P/c1-18(2)15-23(28-25(30)22-9-6-14-26-22)24(29)27-17-33(31,32)16-19-10-12-21(13-11-19)20-7-4-3-5-8-20/h3-5,7-8,10-13,18,22-23,26H,6,9,14-17H2,1-2H3,(H,27,29)(H,28,30)(H,31,32)/t22-,23-/m0/s1. The maximum absolute atomic E-state index is 12.8. The second kappa shape index (κ2) is 11.6. The Bertz CT molecular complexity index is 973. The summed E-state index contributed by atoms with van der Waals surface area (Å²) in [5.41, 5.74) is 2.84. The van der Waals surface area contributed by atoms with E-state index < -0.39 is 19.3 Å². The second-order valence-electron chi connectivity index (χ2n) is 9.11. The Hall–Kier alpha value is -2.47. The number of carbonyl (C=O) groups excluding carboxylic acids is 2. The molecule has 2 aromatic rings. The molecule has 4 N–H and O–H groups in total. The molecule has 2 amide bonds. The Morgan fingerprint density at radius 3 is 2.36 bits per heavy atom. The molecule has 2 aromatic carbocycles. The van der Waals surface area contributed by atoms with Gasteiger partial charge in [-0.1, -0.05) is 68.4 Å². The summed E-state index contributed by atoms with van der Waals surface area (Å²) in [6, 6.07) is 16.4. The third-order valence-electron chi connectivity index (χ3n) is 5.71. The third-order valence-corrected chi connectivity index (χ3v) is 7.22. The highest BCUT2D eigenvalue weighted by Gasteiger charge is 2.29. The molecule has 33 heavy (non-hydrogen) atoms. The van der Waals surface area contributed by atoms with Gasteiger partial charge < -0.3 is 20.8 Å². The monoisotopic (exact) mass is 471 g/mol. The van der Waals surface area contributed by atoms with Crippen LogP contribution in [0.2, 0.25) is 0 Å². The number of amides is 2. The smallest absolute Gasteiger partial charge is 0.243 e. The molecular formula is C25H34N3O4P. The van der Waals surface area contributed by atoms with E-state index >= 15 is 0 Å². The lowest BCUT2D eigenvalue weighted by atomic mass is 10.0. The van der Waals surface area contributed by atoms with Crippen molar-refractivity contribution in [1.29, 1.82) is 0 Å². The maximum atomic E-state index is 12.8. The van der Waals surface area contributed by atoms with Gasteiger partial charge in [-0.2, -0.15) is 0 Å². The molecule has 1 heterocycles. The summed E-state index contributed by atoms with van der Waals surface area (Å²) in [6.45, 7) is 4.73. The molecule has 178 valence electrons. The highest BCUT2D eigenvalue weighted by molar-refractivity contribution is 7.57. The van der Waals surface area contributed by atoms with Crippen LogP contribution in [0.15, 0.2) is 54.6 Å². The molecule has 0 bridgehead atoms. The SMILES string of the molecule is CC(C)C[C@H](NC(=O)[C@@H]1CCCN1)C(=O)NCP(=O)(O)Cc1ccc(-c2ccccc2)cc1. The Morgan fingerprint density at radius 1 is 1.09 bits per heavy atom. The van der Waals surface area contributed by atoms with Gasteiger partial charge in [0.1, 0.15) is 6.04 Å². The van der Waals surface area contributed by atoms with Gasteiger partial charge in [0.15, 0.2) is 0 Å². The molecule has 0 saturated carbocycles. The summed E-state index contributed by atoms with van der Waals surface area (Å²) in [5, 5.41) is 8.53. The summed E-state index contributed by atoms with van der Waals surface area (Å²) in [4.78, 5) is 35.7. The molecular weight excluding hydrogens is 437 g/mol. The van der Waals surface area contributed by atoms with E-state index in [4.69, 9.17) is 0 Å². The topological polar surface area (TPSA) is 108 Å². The molecule has 0 aliphatic carbocycles. The molecule has 3 rings (SSSR count). The van der Waals surface area contributed by atoms with Crippen molar-refractivity contribution < 1.29 is 19.0 Å². The van der Waals surface area contributed by atoms with Crippen LogP contribution in [0.1, 0.15) is 38.7 Å². The van der Waals surface area contributed by atoms with Crippen LogP contribution in [-0.4, -0.2) is 41.6 Å². The number of nitrogens with one attached hydrogen (secondary N) is 3. The lowest BCUT2D eigenvalue weighted by molar-refractivity contribution is -0.130. The molecule has 8 heteroatoms. The minimum absolute atomic E-state index is 0.0322. The van der Waals surface area contributed by atoms with Crippen molar-refractivity contribution >= 4 is 19.2 Å².